The lowest BCUT2D eigenvalue weighted by molar-refractivity contribution is -0.123. The molecule has 6 heteroatoms. The fraction of sp³-hybridized carbons (Fsp3) is 0.467. The number of rotatable bonds is 8. The average molecular weight is 310 g/mol. The summed E-state index contributed by atoms with van der Waals surface area (Å²) < 4.78 is 5.56. The Morgan fingerprint density at radius 1 is 1.52 bits per heavy atom. The quantitative estimate of drug-likeness (QED) is 0.723. The van der Waals surface area contributed by atoms with Gasteiger partial charge < -0.3 is 15.4 Å². The second-order valence-corrected chi connectivity index (χ2v) is 4.94. The molecule has 0 aliphatic heterocycles. The van der Waals surface area contributed by atoms with Crippen molar-refractivity contribution >= 4 is 17.5 Å². The minimum atomic E-state index is -0.248. The Kier molecular flexibility index (Phi) is 7.59. The number of amides is 1. The van der Waals surface area contributed by atoms with Crippen LogP contribution in [0.2, 0.25) is 5.02 Å². The van der Waals surface area contributed by atoms with Gasteiger partial charge in [0.25, 0.3) is 5.91 Å². The zero-order valence-corrected chi connectivity index (χ0v) is 13.0. The zero-order valence-electron chi connectivity index (χ0n) is 12.3. The molecule has 0 aromatic heterocycles. The lowest BCUT2D eigenvalue weighted by Gasteiger charge is -2.18. The number of nitriles is 1. The van der Waals surface area contributed by atoms with Gasteiger partial charge in [0, 0.05) is 23.2 Å². The van der Waals surface area contributed by atoms with Crippen LogP contribution in [-0.4, -0.2) is 25.6 Å². The molecule has 0 radical (unpaired) electrons. The molecule has 1 amide bonds. The predicted molar refractivity (Wildman–Crippen MR) is 82.3 cm³/mol. The van der Waals surface area contributed by atoms with E-state index in [-0.39, 0.29) is 25.0 Å². The first kappa shape index (κ1) is 17.3. The number of nitrogens with zero attached hydrogens (tertiary/aromatic N) is 1. The molecule has 0 saturated heterocycles. The summed E-state index contributed by atoms with van der Waals surface area (Å²) in [5, 5.41) is 14.9. The maximum atomic E-state index is 11.6. The summed E-state index contributed by atoms with van der Waals surface area (Å²) in [6.45, 7) is 5.10. The van der Waals surface area contributed by atoms with E-state index in [1.54, 1.807) is 12.1 Å². The molecule has 0 heterocycles. The van der Waals surface area contributed by atoms with Crippen molar-refractivity contribution in [1.82, 2.24) is 10.6 Å². The van der Waals surface area contributed by atoms with Crippen molar-refractivity contribution in [3.8, 4) is 11.8 Å². The molecule has 5 nitrogen and oxygen atoms in total. The van der Waals surface area contributed by atoms with Gasteiger partial charge in [0.2, 0.25) is 0 Å². The normalized spacial score (nSPS) is 11.5. The van der Waals surface area contributed by atoms with E-state index in [2.05, 4.69) is 10.6 Å². The molecule has 2 N–H and O–H groups in total. The van der Waals surface area contributed by atoms with Crippen LogP contribution in [0.15, 0.2) is 18.2 Å². The van der Waals surface area contributed by atoms with Crippen LogP contribution >= 0.6 is 11.6 Å². The molecular weight excluding hydrogens is 290 g/mol. The predicted octanol–water partition coefficient (Wildman–Crippen LogP) is 2.42. The summed E-state index contributed by atoms with van der Waals surface area (Å²) in [4.78, 5) is 11.6. The number of ether oxygens (including phenoxy) is 1. The highest BCUT2D eigenvalue weighted by atomic mass is 35.5. The Bertz CT molecular complexity index is 514. The molecule has 0 aliphatic carbocycles. The smallest absolute Gasteiger partial charge is 0.257 e. The highest BCUT2D eigenvalue weighted by molar-refractivity contribution is 6.30. The van der Waals surface area contributed by atoms with Crippen molar-refractivity contribution in [2.75, 3.05) is 19.7 Å². The maximum Gasteiger partial charge on any atom is 0.257 e. The van der Waals surface area contributed by atoms with Crippen molar-refractivity contribution in [3.63, 3.8) is 0 Å². The summed E-state index contributed by atoms with van der Waals surface area (Å²) >= 11 is 6.02. The van der Waals surface area contributed by atoms with Crippen LogP contribution < -0.4 is 15.4 Å². The van der Waals surface area contributed by atoms with E-state index < -0.39 is 0 Å². The first-order valence-corrected chi connectivity index (χ1v) is 7.25. The van der Waals surface area contributed by atoms with E-state index in [9.17, 15) is 4.79 Å². The van der Waals surface area contributed by atoms with Crippen molar-refractivity contribution < 1.29 is 9.53 Å². The maximum absolute atomic E-state index is 11.6. The molecule has 0 aliphatic rings. The number of carbonyl (C=O) groups excluding carboxylic acids is 1. The standard InChI is InChI=1S/C15H20ClN3O2/c1-3-18-11(2)13-9-12(16)5-6-14(13)21-10-15(20)19-8-4-7-17/h5-6,9,11,18H,3-4,8,10H2,1-2H3,(H,19,20). The van der Waals surface area contributed by atoms with E-state index in [1.807, 2.05) is 26.0 Å². The molecule has 0 bridgehead atoms. The largest absolute Gasteiger partial charge is 0.483 e. The van der Waals surface area contributed by atoms with Gasteiger partial charge in [-0.3, -0.25) is 4.79 Å². The molecule has 0 spiro atoms. The van der Waals surface area contributed by atoms with Crippen molar-refractivity contribution in [1.29, 1.82) is 5.26 Å². The third kappa shape index (κ3) is 6.03. The molecular formula is C15H20ClN3O2. The molecule has 1 aromatic rings. The van der Waals surface area contributed by atoms with Crippen molar-refractivity contribution in [3.05, 3.63) is 28.8 Å². The Hall–Kier alpha value is -1.77. The van der Waals surface area contributed by atoms with Gasteiger partial charge in [-0.15, -0.1) is 0 Å². The fourth-order valence-electron chi connectivity index (χ4n) is 1.86. The zero-order chi connectivity index (χ0) is 15.7. The Labute approximate surface area is 130 Å². The molecule has 0 fully saturated rings. The third-order valence-corrected chi connectivity index (χ3v) is 3.10. The summed E-state index contributed by atoms with van der Waals surface area (Å²) in [6, 6.07) is 7.36. The van der Waals surface area contributed by atoms with Gasteiger partial charge in [0.05, 0.1) is 12.5 Å². The molecule has 21 heavy (non-hydrogen) atoms. The second-order valence-electron chi connectivity index (χ2n) is 4.51. The van der Waals surface area contributed by atoms with Gasteiger partial charge >= 0.3 is 0 Å². The highest BCUT2D eigenvalue weighted by Crippen LogP contribution is 2.28. The second kappa shape index (κ2) is 9.22. The Morgan fingerprint density at radius 3 is 2.95 bits per heavy atom. The molecule has 1 unspecified atom stereocenters. The van der Waals surface area contributed by atoms with E-state index in [1.165, 1.54) is 0 Å². The number of nitrogens with one attached hydrogen (secondary N) is 2. The van der Waals surface area contributed by atoms with Crippen molar-refractivity contribution in [2.45, 2.75) is 26.3 Å². The minimum absolute atomic E-state index is 0.0744. The molecule has 1 atom stereocenters. The highest BCUT2D eigenvalue weighted by Gasteiger charge is 2.13. The van der Waals surface area contributed by atoms with E-state index in [0.717, 1.165) is 12.1 Å². The monoisotopic (exact) mass is 309 g/mol. The number of hydrogen-bond donors (Lipinski definition) is 2. The van der Waals surface area contributed by atoms with Gasteiger partial charge in [0.15, 0.2) is 6.61 Å². The number of hydrogen-bond acceptors (Lipinski definition) is 4. The number of halogens is 1. The van der Waals surface area contributed by atoms with Crippen LogP contribution in [0, 0.1) is 11.3 Å². The van der Waals surface area contributed by atoms with Crippen LogP contribution in [0.4, 0.5) is 0 Å². The van der Waals surface area contributed by atoms with Gasteiger partial charge in [-0.2, -0.15) is 5.26 Å². The molecule has 0 saturated carbocycles. The topological polar surface area (TPSA) is 74.2 Å². The summed E-state index contributed by atoms with van der Waals surface area (Å²) in [7, 11) is 0. The molecule has 114 valence electrons. The summed E-state index contributed by atoms with van der Waals surface area (Å²) in [5.41, 5.74) is 0.911. The van der Waals surface area contributed by atoms with Crippen LogP contribution in [0.25, 0.3) is 0 Å². The average Bonchev–Trinajstić information content (AvgIpc) is 2.46. The van der Waals surface area contributed by atoms with Crippen LogP contribution in [0.1, 0.15) is 31.9 Å². The van der Waals surface area contributed by atoms with Crippen LogP contribution in [0.3, 0.4) is 0 Å². The molecule has 1 aromatic carbocycles. The van der Waals surface area contributed by atoms with Crippen LogP contribution in [-0.2, 0) is 4.79 Å². The Balaban J connectivity index is 2.66. The van der Waals surface area contributed by atoms with E-state index in [0.29, 0.717) is 17.3 Å². The van der Waals surface area contributed by atoms with E-state index >= 15 is 0 Å². The van der Waals surface area contributed by atoms with Gasteiger partial charge in [-0.25, -0.2) is 0 Å². The first-order chi connectivity index (χ1) is 10.1. The van der Waals surface area contributed by atoms with Gasteiger partial charge in [-0.05, 0) is 31.7 Å². The minimum Gasteiger partial charge on any atom is -0.483 e. The molecule has 1 rings (SSSR count). The number of benzene rings is 1. The number of carbonyl (C=O) groups is 1. The SMILES string of the molecule is CCNC(C)c1cc(Cl)ccc1OCC(=O)NCCC#N. The lowest BCUT2D eigenvalue weighted by atomic mass is 10.1. The van der Waals surface area contributed by atoms with Crippen LogP contribution in [0.5, 0.6) is 5.75 Å². The van der Waals surface area contributed by atoms with Gasteiger partial charge in [-0.1, -0.05) is 18.5 Å². The Morgan fingerprint density at radius 2 is 2.29 bits per heavy atom. The van der Waals surface area contributed by atoms with Crippen molar-refractivity contribution in [2.24, 2.45) is 0 Å². The lowest BCUT2D eigenvalue weighted by Crippen LogP contribution is -2.30. The summed E-state index contributed by atoms with van der Waals surface area (Å²) in [5.74, 6) is 0.380. The summed E-state index contributed by atoms with van der Waals surface area (Å²) in [6.07, 6.45) is 0.287. The third-order valence-electron chi connectivity index (χ3n) is 2.87. The first-order valence-electron chi connectivity index (χ1n) is 6.87. The van der Waals surface area contributed by atoms with Gasteiger partial charge in [0.1, 0.15) is 5.75 Å². The van der Waals surface area contributed by atoms with E-state index in [4.69, 9.17) is 21.6 Å². The fourth-order valence-corrected chi connectivity index (χ4v) is 2.04.